The van der Waals surface area contributed by atoms with Crippen molar-refractivity contribution in [3.63, 3.8) is 0 Å². The van der Waals surface area contributed by atoms with Gasteiger partial charge in [0.15, 0.2) is 0 Å². The minimum atomic E-state index is -1.28. The van der Waals surface area contributed by atoms with E-state index in [1.807, 2.05) is 0 Å². The highest BCUT2D eigenvalue weighted by atomic mass is 19.1. The molecule has 1 aromatic rings. The third-order valence-electron chi connectivity index (χ3n) is 3.24. The number of halogens is 2. The van der Waals surface area contributed by atoms with Crippen molar-refractivity contribution >= 4 is 11.7 Å². The van der Waals surface area contributed by atoms with Gasteiger partial charge in [-0.25, -0.2) is 9.18 Å². The second-order valence-corrected chi connectivity index (χ2v) is 4.69. The zero-order valence-corrected chi connectivity index (χ0v) is 11.0. The molecule has 1 aliphatic rings. The van der Waals surface area contributed by atoms with Gasteiger partial charge in [-0.1, -0.05) is 0 Å². The first kappa shape index (κ1) is 15.3. The van der Waals surface area contributed by atoms with Crippen LogP contribution in [0, 0.1) is 27.7 Å². The molecule has 8 heteroatoms. The Morgan fingerprint density at radius 1 is 1.33 bits per heavy atom. The molecule has 0 N–H and O–H groups in total. The summed E-state index contributed by atoms with van der Waals surface area (Å²) in [7, 11) is 0. The highest BCUT2D eigenvalue weighted by Crippen LogP contribution is 2.22. The Kier molecular flexibility index (Phi) is 4.79. The molecule has 0 amide bonds. The Labute approximate surface area is 118 Å². The number of esters is 1. The monoisotopic (exact) mass is 301 g/mol. The van der Waals surface area contributed by atoms with Crippen molar-refractivity contribution in [1.29, 1.82) is 0 Å². The summed E-state index contributed by atoms with van der Waals surface area (Å²) in [6.07, 6.45) is 1.45. The number of hydrogen-bond donors (Lipinski definition) is 0. The molecule has 114 valence electrons. The number of nitro benzene ring substituents is 1. The molecule has 2 rings (SSSR count). The molecule has 0 atom stereocenters. The summed E-state index contributed by atoms with van der Waals surface area (Å²) in [6, 6.07) is 0.861. The molecule has 0 aromatic heterocycles. The van der Waals surface area contributed by atoms with Crippen molar-refractivity contribution in [2.45, 2.75) is 12.8 Å². The van der Waals surface area contributed by atoms with Crippen LogP contribution in [0.2, 0.25) is 0 Å². The molecule has 0 unspecified atom stereocenters. The fourth-order valence-corrected chi connectivity index (χ4v) is 2.02. The SMILES string of the molecule is O=C(OCC1CCOCC1)c1cc(F)c([N+](=O)[O-])cc1F. The third-order valence-corrected chi connectivity index (χ3v) is 3.24. The smallest absolute Gasteiger partial charge is 0.341 e. The Hall–Kier alpha value is -2.09. The summed E-state index contributed by atoms with van der Waals surface area (Å²) >= 11 is 0. The highest BCUT2D eigenvalue weighted by molar-refractivity contribution is 5.90. The van der Waals surface area contributed by atoms with Crippen LogP contribution in [0.25, 0.3) is 0 Å². The largest absolute Gasteiger partial charge is 0.462 e. The topological polar surface area (TPSA) is 78.7 Å². The Morgan fingerprint density at radius 2 is 2.00 bits per heavy atom. The normalized spacial score (nSPS) is 15.7. The first-order chi connectivity index (χ1) is 9.99. The maximum absolute atomic E-state index is 13.6. The molecule has 0 spiro atoms. The van der Waals surface area contributed by atoms with Crippen LogP contribution in [0.5, 0.6) is 0 Å². The standard InChI is InChI=1S/C13H13F2NO5/c14-10-6-12(16(18)19)11(15)5-9(10)13(17)21-7-8-1-3-20-4-2-8/h5-6,8H,1-4,7H2. The van der Waals surface area contributed by atoms with Crippen LogP contribution >= 0.6 is 0 Å². The lowest BCUT2D eigenvalue weighted by Gasteiger charge is -2.21. The predicted octanol–water partition coefficient (Wildman–Crippen LogP) is 2.46. The number of nitro groups is 1. The number of hydrogen-bond acceptors (Lipinski definition) is 5. The third kappa shape index (κ3) is 3.72. The summed E-state index contributed by atoms with van der Waals surface area (Å²) in [4.78, 5) is 21.1. The van der Waals surface area contributed by atoms with Crippen molar-refractivity contribution in [3.05, 3.63) is 39.4 Å². The maximum Gasteiger partial charge on any atom is 0.341 e. The molecular weight excluding hydrogens is 288 g/mol. The van der Waals surface area contributed by atoms with Gasteiger partial charge in [-0.3, -0.25) is 10.1 Å². The van der Waals surface area contributed by atoms with Gasteiger partial charge in [0.1, 0.15) is 5.82 Å². The van der Waals surface area contributed by atoms with Gasteiger partial charge in [0.25, 0.3) is 0 Å². The minimum absolute atomic E-state index is 0.0836. The lowest BCUT2D eigenvalue weighted by molar-refractivity contribution is -0.387. The van der Waals surface area contributed by atoms with Crippen molar-refractivity contribution in [3.8, 4) is 0 Å². The van der Waals surface area contributed by atoms with E-state index in [4.69, 9.17) is 9.47 Å². The van der Waals surface area contributed by atoms with E-state index in [0.29, 0.717) is 25.3 Å². The quantitative estimate of drug-likeness (QED) is 0.485. The summed E-state index contributed by atoms with van der Waals surface area (Å²) in [6.45, 7) is 1.23. The molecule has 0 aliphatic carbocycles. The van der Waals surface area contributed by atoms with E-state index < -0.39 is 33.8 Å². The van der Waals surface area contributed by atoms with Gasteiger partial charge in [-0.05, 0) is 24.8 Å². The van der Waals surface area contributed by atoms with Crippen LogP contribution < -0.4 is 0 Å². The maximum atomic E-state index is 13.6. The molecule has 0 radical (unpaired) electrons. The Balaban J connectivity index is 2.05. The predicted molar refractivity (Wildman–Crippen MR) is 66.8 cm³/mol. The van der Waals surface area contributed by atoms with Crippen LogP contribution in [-0.2, 0) is 9.47 Å². The molecule has 1 saturated heterocycles. The molecule has 1 heterocycles. The van der Waals surface area contributed by atoms with Gasteiger partial charge in [0.05, 0.1) is 23.2 Å². The molecule has 0 bridgehead atoms. The van der Waals surface area contributed by atoms with Crippen LogP contribution in [0.4, 0.5) is 14.5 Å². The number of ether oxygens (including phenoxy) is 2. The molecule has 1 aliphatic heterocycles. The van der Waals surface area contributed by atoms with E-state index in [-0.39, 0.29) is 12.5 Å². The van der Waals surface area contributed by atoms with E-state index in [0.717, 1.165) is 12.8 Å². The summed E-state index contributed by atoms with van der Waals surface area (Å²) in [5.74, 6) is -3.37. The first-order valence-corrected chi connectivity index (χ1v) is 6.37. The van der Waals surface area contributed by atoms with Crippen molar-refractivity contribution in [2.24, 2.45) is 5.92 Å². The van der Waals surface area contributed by atoms with Gasteiger partial charge in [-0.15, -0.1) is 0 Å². The van der Waals surface area contributed by atoms with Crippen molar-refractivity contribution in [1.82, 2.24) is 0 Å². The zero-order valence-electron chi connectivity index (χ0n) is 11.0. The van der Waals surface area contributed by atoms with Gasteiger partial charge >= 0.3 is 11.7 Å². The molecule has 1 fully saturated rings. The minimum Gasteiger partial charge on any atom is -0.462 e. The van der Waals surface area contributed by atoms with E-state index in [2.05, 4.69) is 0 Å². The summed E-state index contributed by atoms with van der Waals surface area (Å²) < 4.78 is 37.1. The fraction of sp³-hybridized carbons (Fsp3) is 0.462. The van der Waals surface area contributed by atoms with Gasteiger partial charge < -0.3 is 9.47 Å². The second-order valence-electron chi connectivity index (χ2n) is 4.69. The number of rotatable bonds is 4. The van der Waals surface area contributed by atoms with Crippen LogP contribution in [0.1, 0.15) is 23.2 Å². The molecular formula is C13H13F2NO5. The van der Waals surface area contributed by atoms with Crippen LogP contribution in [0.3, 0.4) is 0 Å². The molecule has 6 nitrogen and oxygen atoms in total. The van der Waals surface area contributed by atoms with E-state index in [1.165, 1.54) is 0 Å². The van der Waals surface area contributed by atoms with Crippen LogP contribution in [-0.4, -0.2) is 30.7 Å². The number of benzene rings is 1. The average Bonchev–Trinajstić information content (AvgIpc) is 2.47. The molecule has 0 saturated carbocycles. The molecule has 1 aromatic carbocycles. The van der Waals surface area contributed by atoms with Gasteiger partial charge in [-0.2, -0.15) is 4.39 Å². The highest BCUT2D eigenvalue weighted by Gasteiger charge is 2.24. The van der Waals surface area contributed by atoms with Gasteiger partial charge in [0, 0.05) is 13.2 Å². The zero-order chi connectivity index (χ0) is 15.4. The average molecular weight is 301 g/mol. The molecule has 21 heavy (non-hydrogen) atoms. The first-order valence-electron chi connectivity index (χ1n) is 6.37. The van der Waals surface area contributed by atoms with Gasteiger partial charge in [0.2, 0.25) is 5.82 Å². The number of carbonyl (C=O) groups is 1. The Morgan fingerprint density at radius 3 is 2.62 bits per heavy atom. The van der Waals surface area contributed by atoms with Crippen molar-refractivity contribution < 1.29 is 28.0 Å². The Bertz CT molecular complexity index is 558. The van der Waals surface area contributed by atoms with E-state index >= 15 is 0 Å². The summed E-state index contributed by atoms with van der Waals surface area (Å²) in [5, 5.41) is 10.5. The lowest BCUT2D eigenvalue weighted by atomic mass is 10.0. The second kappa shape index (κ2) is 6.57. The van der Waals surface area contributed by atoms with Crippen LogP contribution in [0.15, 0.2) is 12.1 Å². The van der Waals surface area contributed by atoms with E-state index in [1.54, 1.807) is 0 Å². The van der Waals surface area contributed by atoms with E-state index in [9.17, 15) is 23.7 Å². The lowest BCUT2D eigenvalue weighted by Crippen LogP contribution is -2.22. The fourth-order valence-electron chi connectivity index (χ4n) is 2.02. The van der Waals surface area contributed by atoms with Crippen molar-refractivity contribution in [2.75, 3.05) is 19.8 Å². The summed E-state index contributed by atoms with van der Waals surface area (Å²) in [5.41, 5.74) is -1.67. The number of nitrogens with zero attached hydrogens (tertiary/aromatic N) is 1. The number of carbonyl (C=O) groups excluding carboxylic acids is 1.